The topological polar surface area (TPSA) is 0 Å². The largest absolute Gasteiger partial charge is 0.178 e. The van der Waals surface area contributed by atoms with E-state index in [9.17, 15) is 0 Å². The average Bonchev–Trinajstić information content (AvgIpc) is 2.16. The van der Waals surface area contributed by atoms with E-state index in [4.69, 9.17) is 11.1 Å². The van der Waals surface area contributed by atoms with Crippen molar-refractivity contribution in [1.82, 2.24) is 0 Å². The summed E-state index contributed by atoms with van der Waals surface area (Å²) in [5.41, 5.74) is 0. The summed E-state index contributed by atoms with van der Waals surface area (Å²) in [4.78, 5) is 0. The second-order valence-corrected chi connectivity index (χ2v) is 6.96. The van der Waals surface area contributed by atoms with E-state index in [2.05, 4.69) is 20.8 Å². The van der Waals surface area contributed by atoms with Gasteiger partial charge in [-0.2, -0.15) is 11.1 Å². The molecule has 0 bridgehead atoms. The molecule has 0 rings (SSSR count). The van der Waals surface area contributed by atoms with Crippen molar-refractivity contribution in [3.05, 3.63) is 0 Å². The molecule has 84 valence electrons. The molecule has 0 saturated heterocycles. The maximum absolute atomic E-state index is 5.90. The van der Waals surface area contributed by atoms with E-state index in [1.165, 1.54) is 51.4 Å². The Hall–Kier alpha value is 0.507. The van der Waals surface area contributed by atoms with Crippen molar-refractivity contribution in [3.8, 4) is 0 Å². The first kappa shape index (κ1) is 14.5. The van der Waals surface area contributed by atoms with Crippen molar-refractivity contribution in [3.63, 3.8) is 0 Å². The highest BCUT2D eigenvalue weighted by molar-refractivity contribution is 6.95. The lowest BCUT2D eigenvalue weighted by atomic mass is 10.0. The predicted molar refractivity (Wildman–Crippen MR) is 68.3 cm³/mol. The van der Waals surface area contributed by atoms with Gasteiger partial charge in [0.25, 0.3) is 0 Å². The van der Waals surface area contributed by atoms with Gasteiger partial charge in [-0.1, -0.05) is 65.7 Å². The molecule has 0 aliphatic heterocycles. The fourth-order valence-electron chi connectivity index (χ4n) is 1.57. The Bertz CT molecular complexity index is 123. The van der Waals surface area contributed by atoms with Gasteiger partial charge in [-0.05, 0) is 11.5 Å². The molecule has 0 saturated carbocycles. The van der Waals surface area contributed by atoms with E-state index in [-0.39, 0.29) is 0 Å². The normalized spacial score (nSPS) is 12.0. The third kappa shape index (κ3) is 9.08. The Morgan fingerprint density at radius 2 is 1.43 bits per heavy atom. The van der Waals surface area contributed by atoms with E-state index < -0.39 is 0 Å². The highest BCUT2D eigenvalue weighted by Crippen LogP contribution is 2.31. The molecule has 0 spiro atoms. The number of unbranched alkanes of at least 4 members (excludes halogenated alkanes) is 6. The van der Waals surface area contributed by atoms with E-state index in [0.29, 0.717) is 13.9 Å². The molecule has 0 unspecified atom stereocenters. The van der Waals surface area contributed by atoms with Gasteiger partial charge in [0.05, 0.1) is 0 Å². The first-order valence-electron chi connectivity index (χ1n) is 6.00. The summed E-state index contributed by atoms with van der Waals surface area (Å²) in [6.45, 7) is 6.81. The van der Waals surface area contributed by atoms with Crippen LogP contribution in [0.3, 0.4) is 0 Å². The van der Waals surface area contributed by atoms with Crippen LogP contribution in [0.2, 0.25) is 5.04 Å². The van der Waals surface area contributed by atoms with Gasteiger partial charge in [-0.3, -0.25) is 0 Å². The molecule has 0 nitrogen and oxygen atoms in total. The van der Waals surface area contributed by atoms with Crippen LogP contribution in [0.5, 0.6) is 0 Å². The van der Waals surface area contributed by atoms with Crippen LogP contribution in [-0.4, -0.2) is 8.83 Å². The summed E-state index contributed by atoms with van der Waals surface area (Å²) in [6, 6.07) is 0. The SMILES string of the molecule is CCCCCCCCCC(C)(C)[Si]Cl. The quantitative estimate of drug-likeness (QED) is 0.292. The molecule has 0 aromatic carbocycles. The van der Waals surface area contributed by atoms with Crippen molar-refractivity contribution in [2.24, 2.45) is 0 Å². The number of halogens is 1. The Morgan fingerprint density at radius 3 is 1.93 bits per heavy atom. The smallest absolute Gasteiger partial charge is 0.171 e. The van der Waals surface area contributed by atoms with Crippen molar-refractivity contribution in [2.45, 2.75) is 77.2 Å². The Kier molecular flexibility index (Phi) is 9.10. The highest BCUT2D eigenvalue weighted by atomic mass is 35.6. The van der Waals surface area contributed by atoms with Crippen LogP contribution in [-0.2, 0) is 0 Å². The summed E-state index contributed by atoms with van der Waals surface area (Å²) in [6.07, 6.45) is 11.1. The second kappa shape index (κ2) is 8.79. The summed E-state index contributed by atoms with van der Waals surface area (Å²) >= 11 is 5.90. The minimum absolute atomic E-state index is 0.380. The van der Waals surface area contributed by atoms with Crippen LogP contribution in [0.15, 0.2) is 0 Å². The van der Waals surface area contributed by atoms with Gasteiger partial charge in [0, 0.05) is 0 Å². The third-order valence-corrected chi connectivity index (χ3v) is 4.96. The van der Waals surface area contributed by atoms with Crippen molar-refractivity contribution >= 4 is 19.9 Å². The molecule has 2 radical (unpaired) electrons. The average molecular weight is 233 g/mol. The van der Waals surface area contributed by atoms with E-state index in [0.717, 1.165) is 0 Å². The number of rotatable bonds is 9. The van der Waals surface area contributed by atoms with Crippen LogP contribution < -0.4 is 0 Å². The van der Waals surface area contributed by atoms with Gasteiger partial charge >= 0.3 is 0 Å². The molecule has 0 atom stereocenters. The first-order valence-corrected chi connectivity index (χ1v) is 8.01. The molecular weight excluding hydrogens is 208 g/mol. The van der Waals surface area contributed by atoms with Crippen molar-refractivity contribution in [1.29, 1.82) is 0 Å². The van der Waals surface area contributed by atoms with Crippen molar-refractivity contribution < 1.29 is 0 Å². The summed E-state index contributed by atoms with van der Waals surface area (Å²) < 4.78 is 0. The lowest BCUT2D eigenvalue weighted by Gasteiger charge is -2.19. The Morgan fingerprint density at radius 1 is 0.929 bits per heavy atom. The molecule has 0 fully saturated rings. The van der Waals surface area contributed by atoms with E-state index in [1.807, 2.05) is 0 Å². The Balaban J connectivity index is 3.13. The molecule has 0 aliphatic rings. The van der Waals surface area contributed by atoms with Crippen molar-refractivity contribution in [2.75, 3.05) is 0 Å². The molecule has 0 aromatic rings. The zero-order valence-corrected chi connectivity index (χ0v) is 11.8. The van der Waals surface area contributed by atoms with E-state index in [1.54, 1.807) is 0 Å². The van der Waals surface area contributed by atoms with Gasteiger partial charge in [0.1, 0.15) is 0 Å². The van der Waals surface area contributed by atoms with Crippen LogP contribution in [0.25, 0.3) is 0 Å². The van der Waals surface area contributed by atoms with Crippen LogP contribution in [0.4, 0.5) is 0 Å². The van der Waals surface area contributed by atoms with Gasteiger partial charge in [0.2, 0.25) is 0 Å². The van der Waals surface area contributed by atoms with Gasteiger partial charge in [-0.15, -0.1) is 0 Å². The lowest BCUT2D eigenvalue weighted by Crippen LogP contribution is -2.07. The highest BCUT2D eigenvalue weighted by Gasteiger charge is 2.16. The summed E-state index contributed by atoms with van der Waals surface area (Å²) in [5, 5.41) is 0.380. The standard InChI is InChI=1S/C12H25ClSi/c1-4-5-6-7-8-9-10-11-12(2,3)14-13/h4-11H2,1-3H3. The zero-order chi connectivity index (χ0) is 10.9. The molecule has 14 heavy (non-hydrogen) atoms. The van der Waals surface area contributed by atoms with Crippen LogP contribution >= 0.6 is 11.1 Å². The minimum atomic E-state index is 0.380. The van der Waals surface area contributed by atoms with Gasteiger partial charge < -0.3 is 0 Å². The molecule has 0 N–H and O–H groups in total. The predicted octanol–water partition coefficient (Wildman–Crippen LogP) is 5.18. The zero-order valence-electron chi connectivity index (χ0n) is 10.0. The Labute approximate surface area is 97.3 Å². The molecule has 0 heterocycles. The molecule has 0 aliphatic carbocycles. The maximum Gasteiger partial charge on any atom is 0.178 e. The minimum Gasteiger partial charge on any atom is -0.171 e. The second-order valence-electron chi connectivity index (χ2n) is 4.85. The first-order chi connectivity index (χ1) is 6.62. The van der Waals surface area contributed by atoms with Gasteiger partial charge in [-0.25, -0.2) is 0 Å². The van der Waals surface area contributed by atoms with E-state index >= 15 is 0 Å². The third-order valence-electron chi connectivity index (χ3n) is 2.66. The maximum atomic E-state index is 5.90. The number of hydrogen-bond donors (Lipinski definition) is 0. The summed E-state index contributed by atoms with van der Waals surface area (Å²) in [7, 11) is 0.569. The molecule has 2 heteroatoms. The molecular formula is C12H25ClSi. The molecule has 0 amide bonds. The monoisotopic (exact) mass is 232 g/mol. The molecule has 0 aromatic heterocycles. The summed E-state index contributed by atoms with van der Waals surface area (Å²) in [5.74, 6) is 0. The van der Waals surface area contributed by atoms with Crippen LogP contribution in [0, 0.1) is 0 Å². The van der Waals surface area contributed by atoms with Crippen LogP contribution in [0.1, 0.15) is 72.1 Å². The lowest BCUT2D eigenvalue weighted by molar-refractivity contribution is 0.523. The fraction of sp³-hybridized carbons (Fsp3) is 1.00. The fourth-order valence-corrected chi connectivity index (χ4v) is 2.13. The van der Waals surface area contributed by atoms with Gasteiger partial charge in [0.15, 0.2) is 8.83 Å². The number of hydrogen-bond acceptors (Lipinski definition) is 0.